The third kappa shape index (κ3) is 4.05. The monoisotopic (exact) mass is 264 g/mol. The lowest BCUT2D eigenvalue weighted by Crippen LogP contribution is -2.30. The first kappa shape index (κ1) is 13.5. The van der Waals surface area contributed by atoms with Crippen molar-refractivity contribution in [1.82, 2.24) is 5.32 Å². The molecule has 1 aromatic rings. The zero-order chi connectivity index (χ0) is 13.7. The third-order valence-electron chi connectivity index (χ3n) is 2.72. The summed E-state index contributed by atoms with van der Waals surface area (Å²) in [6, 6.07) is 5.54. The molecule has 1 saturated carbocycles. The van der Waals surface area contributed by atoms with E-state index in [1.165, 1.54) is 0 Å². The number of ether oxygens (including phenoxy) is 2. The summed E-state index contributed by atoms with van der Waals surface area (Å²) >= 11 is 0. The van der Waals surface area contributed by atoms with Crippen LogP contribution in [0.1, 0.15) is 26.7 Å². The molecular formula is C14H20N2O3. The van der Waals surface area contributed by atoms with E-state index in [2.05, 4.69) is 10.6 Å². The van der Waals surface area contributed by atoms with Crippen molar-refractivity contribution in [2.75, 3.05) is 18.5 Å². The maximum Gasteiger partial charge on any atom is 0.319 e. The van der Waals surface area contributed by atoms with Crippen molar-refractivity contribution in [2.24, 2.45) is 0 Å². The van der Waals surface area contributed by atoms with E-state index in [0.29, 0.717) is 36.4 Å². The first-order valence-corrected chi connectivity index (χ1v) is 6.70. The molecule has 5 nitrogen and oxygen atoms in total. The Morgan fingerprint density at radius 1 is 1.26 bits per heavy atom. The van der Waals surface area contributed by atoms with E-state index in [-0.39, 0.29) is 6.03 Å². The highest BCUT2D eigenvalue weighted by Gasteiger charge is 2.23. The molecule has 0 heterocycles. The summed E-state index contributed by atoms with van der Waals surface area (Å²) in [6.45, 7) is 4.96. The molecule has 0 atom stereocenters. The van der Waals surface area contributed by atoms with Crippen LogP contribution in [0.4, 0.5) is 10.5 Å². The first-order valence-electron chi connectivity index (χ1n) is 6.70. The second-order valence-electron chi connectivity index (χ2n) is 4.40. The molecule has 1 fully saturated rings. The molecule has 2 rings (SSSR count). The Morgan fingerprint density at radius 2 is 2.00 bits per heavy atom. The van der Waals surface area contributed by atoms with Gasteiger partial charge in [0.2, 0.25) is 0 Å². The smallest absolute Gasteiger partial charge is 0.319 e. The van der Waals surface area contributed by atoms with Gasteiger partial charge in [0.1, 0.15) is 11.5 Å². The molecule has 0 saturated heterocycles. The van der Waals surface area contributed by atoms with Crippen LogP contribution in [-0.2, 0) is 0 Å². The molecule has 2 N–H and O–H groups in total. The number of hydrogen-bond acceptors (Lipinski definition) is 3. The van der Waals surface area contributed by atoms with Crippen LogP contribution in [0.2, 0.25) is 0 Å². The van der Waals surface area contributed by atoms with Crippen LogP contribution in [0, 0.1) is 0 Å². The highest BCUT2D eigenvalue weighted by atomic mass is 16.5. The van der Waals surface area contributed by atoms with Gasteiger partial charge in [-0.25, -0.2) is 4.79 Å². The van der Waals surface area contributed by atoms with Crippen molar-refractivity contribution in [3.63, 3.8) is 0 Å². The molecule has 104 valence electrons. The number of nitrogens with one attached hydrogen (secondary N) is 2. The topological polar surface area (TPSA) is 59.6 Å². The zero-order valence-corrected chi connectivity index (χ0v) is 11.4. The number of anilines is 1. The van der Waals surface area contributed by atoms with Crippen LogP contribution in [0.15, 0.2) is 18.2 Å². The molecule has 1 aliphatic rings. The summed E-state index contributed by atoms with van der Waals surface area (Å²) in [4.78, 5) is 11.8. The summed E-state index contributed by atoms with van der Waals surface area (Å²) in [5.41, 5.74) is 0.631. The van der Waals surface area contributed by atoms with Gasteiger partial charge in [0, 0.05) is 12.1 Å². The lowest BCUT2D eigenvalue weighted by molar-refractivity contribution is 0.251. The average molecular weight is 264 g/mol. The largest absolute Gasteiger partial charge is 0.494 e. The van der Waals surface area contributed by atoms with E-state index >= 15 is 0 Å². The zero-order valence-electron chi connectivity index (χ0n) is 11.4. The molecule has 0 radical (unpaired) electrons. The molecule has 0 bridgehead atoms. The lowest BCUT2D eigenvalue weighted by atomic mass is 10.2. The molecule has 0 spiro atoms. The molecule has 19 heavy (non-hydrogen) atoms. The van der Waals surface area contributed by atoms with Crippen molar-refractivity contribution in [3.8, 4) is 11.5 Å². The summed E-state index contributed by atoms with van der Waals surface area (Å²) in [5, 5.41) is 5.69. The summed E-state index contributed by atoms with van der Waals surface area (Å²) in [6.07, 6.45) is 2.12. The van der Waals surface area contributed by atoms with Crippen molar-refractivity contribution in [2.45, 2.75) is 32.7 Å². The van der Waals surface area contributed by atoms with Gasteiger partial charge in [-0.2, -0.15) is 0 Å². The predicted molar refractivity (Wildman–Crippen MR) is 74.0 cm³/mol. The predicted octanol–water partition coefficient (Wildman–Crippen LogP) is 2.77. The van der Waals surface area contributed by atoms with Gasteiger partial charge in [-0.05, 0) is 38.8 Å². The van der Waals surface area contributed by atoms with Crippen LogP contribution in [-0.4, -0.2) is 25.3 Å². The molecule has 0 unspecified atom stereocenters. The van der Waals surface area contributed by atoms with Crippen molar-refractivity contribution < 1.29 is 14.3 Å². The Morgan fingerprint density at radius 3 is 2.63 bits per heavy atom. The maximum absolute atomic E-state index is 11.8. The highest BCUT2D eigenvalue weighted by molar-refractivity contribution is 5.91. The number of urea groups is 1. The Hall–Kier alpha value is -1.91. The fourth-order valence-electron chi connectivity index (χ4n) is 1.72. The normalized spacial score (nSPS) is 13.8. The van der Waals surface area contributed by atoms with E-state index in [0.717, 1.165) is 12.8 Å². The Balaban J connectivity index is 2.08. The third-order valence-corrected chi connectivity index (χ3v) is 2.72. The van der Waals surface area contributed by atoms with Gasteiger partial charge in [-0.15, -0.1) is 0 Å². The van der Waals surface area contributed by atoms with Crippen molar-refractivity contribution >= 4 is 11.7 Å². The molecule has 1 aliphatic carbocycles. The van der Waals surface area contributed by atoms with Gasteiger partial charge in [0.25, 0.3) is 0 Å². The number of amides is 2. The number of hydrogen-bond donors (Lipinski definition) is 2. The van der Waals surface area contributed by atoms with E-state index in [4.69, 9.17) is 9.47 Å². The van der Waals surface area contributed by atoms with Crippen LogP contribution in [0.3, 0.4) is 0 Å². The SMILES string of the molecule is CCOc1ccc(OCC)c(NC(=O)NC2CC2)c1. The molecule has 0 aliphatic heterocycles. The van der Waals surface area contributed by atoms with Gasteiger partial charge in [0.15, 0.2) is 0 Å². The van der Waals surface area contributed by atoms with Gasteiger partial charge in [-0.3, -0.25) is 0 Å². The van der Waals surface area contributed by atoms with Gasteiger partial charge in [-0.1, -0.05) is 0 Å². The number of rotatable bonds is 6. The fraction of sp³-hybridized carbons (Fsp3) is 0.500. The molecule has 5 heteroatoms. The van der Waals surface area contributed by atoms with Crippen LogP contribution >= 0.6 is 0 Å². The van der Waals surface area contributed by atoms with Crippen molar-refractivity contribution in [3.05, 3.63) is 18.2 Å². The highest BCUT2D eigenvalue weighted by Crippen LogP contribution is 2.29. The number of benzene rings is 1. The fourth-order valence-corrected chi connectivity index (χ4v) is 1.72. The Bertz CT molecular complexity index is 444. The number of carbonyl (C=O) groups is 1. The minimum atomic E-state index is -0.197. The summed E-state index contributed by atoms with van der Waals surface area (Å²) in [5.74, 6) is 1.37. The lowest BCUT2D eigenvalue weighted by Gasteiger charge is -2.13. The van der Waals surface area contributed by atoms with E-state index in [1.54, 1.807) is 12.1 Å². The average Bonchev–Trinajstić information content (AvgIpc) is 3.17. The van der Waals surface area contributed by atoms with Crippen LogP contribution in [0.25, 0.3) is 0 Å². The Labute approximate surface area is 113 Å². The second-order valence-corrected chi connectivity index (χ2v) is 4.40. The van der Waals surface area contributed by atoms with Crippen molar-refractivity contribution in [1.29, 1.82) is 0 Å². The maximum atomic E-state index is 11.8. The molecular weight excluding hydrogens is 244 g/mol. The summed E-state index contributed by atoms with van der Waals surface area (Å²) in [7, 11) is 0. The van der Waals surface area contributed by atoms with Gasteiger partial charge >= 0.3 is 6.03 Å². The second kappa shape index (κ2) is 6.31. The molecule has 2 amide bonds. The van der Waals surface area contributed by atoms with E-state index < -0.39 is 0 Å². The Kier molecular flexibility index (Phi) is 4.49. The van der Waals surface area contributed by atoms with Crippen LogP contribution in [0.5, 0.6) is 11.5 Å². The quantitative estimate of drug-likeness (QED) is 0.830. The van der Waals surface area contributed by atoms with E-state index in [1.807, 2.05) is 19.9 Å². The number of carbonyl (C=O) groups excluding carboxylic acids is 1. The molecule has 0 aromatic heterocycles. The minimum Gasteiger partial charge on any atom is -0.494 e. The minimum absolute atomic E-state index is 0.197. The first-order chi connectivity index (χ1) is 9.22. The van der Waals surface area contributed by atoms with E-state index in [9.17, 15) is 4.79 Å². The standard InChI is InChI=1S/C14H20N2O3/c1-3-18-11-7-8-13(19-4-2)12(9-11)16-14(17)15-10-5-6-10/h7-10H,3-6H2,1-2H3,(H2,15,16,17). The van der Waals surface area contributed by atoms with Crippen LogP contribution < -0.4 is 20.1 Å². The summed E-state index contributed by atoms with van der Waals surface area (Å²) < 4.78 is 10.9. The van der Waals surface area contributed by atoms with Gasteiger partial charge < -0.3 is 20.1 Å². The van der Waals surface area contributed by atoms with Gasteiger partial charge in [0.05, 0.1) is 18.9 Å². The molecule has 1 aromatic carbocycles.